The number of benzene rings is 2. The first-order chi connectivity index (χ1) is 12.5. The van der Waals surface area contributed by atoms with E-state index >= 15 is 0 Å². The fourth-order valence-corrected chi connectivity index (χ4v) is 3.40. The molecular formula is C20H23ClN2O3. The maximum absolute atomic E-state index is 12.6. The first kappa shape index (κ1) is 18.5. The molecule has 0 aromatic heterocycles. The normalized spacial score (nSPS) is 15.1. The van der Waals surface area contributed by atoms with Crippen molar-refractivity contribution in [1.82, 2.24) is 4.90 Å². The van der Waals surface area contributed by atoms with Gasteiger partial charge in [0.25, 0.3) is 0 Å². The summed E-state index contributed by atoms with van der Waals surface area (Å²) in [6.07, 6.45) is 0.866. The third-order valence-corrected chi connectivity index (χ3v) is 5.00. The van der Waals surface area contributed by atoms with Crippen molar-refractivity contribution in [1.29, 1.82) is 0 Å². The van der Waals surface area contributed by atoms with Crippen molar-refractivity contribution in [3.63, 3.8) is 0 Å². The van der Waals surface area contributed by atoms with Crippen molar-refractivity contribution < 1.29 is 14.3 Å². The zero-order valence-electron chi connectivity index (χ0n) is 15.2. The Morgan fingerprint density at radius 3 is 2.50 bits per heavy atom. The van der Waals surface area contributed by atoms with Crippen LogP contribution < -0.4 is 14.8 Å². The molecule has 26 heavy (non-hydrogen) atoms. The molecule has 1 aliphatic heterocycles. The number of amides is 1. The van der Waals surface area contributed by atoms with E-state index in [1.54, 1.807) is 26.4 Å². The fraction of sp³-hybridized carbons (Fsp3) is 0.350. The number of carbonyl (C=O) groups excluding carboxylic acids is 1. The smallest absolute Gasteiger partial charge is 0.241 e. The predicted molar refractivity (Wildman–Crippen MR) is 103 cm³/mol. The van der Waals surface area contributed by atoms with Crippen LogP contribution in [-0.2, 0) is 17.8 Å². The molecule has 1 atom stereocenters. The van der Waals surface area contributed by atoms with Crippen LogP contribution >= 0.6 is 11.6 Å². The van der Waals surface area contributed by atoms with Gasteiger partial charge in [0, 0.05) is 23.8 Å². The Kier molecular flexibility index (Phi) is 5.69. The maximum atomic E-state index is 12.6. The first-order valence-corrected chi connectivity index (χ1v) is 8.94. The Morgan fingerprint density at radius 2 is 1.85 bits per heavy atom. The van der Waals surface area contributed by atoms with Gasteiger partial charge in [-0.25, -0.2) is 0 Å². The monoisotopic (exact) mass is 374 g/mol. The van der Waals surface area contributed by atoms with Crippen LogP contribution in [0.5, 0.6) is 11.5 Å². The van der Waals surface area contributed by atoms with Crippen LogP contribution in [0.3, 0.4) is 0 Å². The third kappa shape index (κ3) is 3.94. The largest absolute Gasteiger partial charge is 0.493 e. The summed E-state index contributed by atoms with van der Waals surface area (Å²) >= 11 is 5.98. The van der Waals surface area contributed by atoms with Crippen LogP contribution in [0.2, 0.25) is 5.02 Å². The van der Waals surface area contributed by atoms with Gasteiger partial charge in [-0.15, -0.1) is 0 Å². The number of hydrogen-bond donors (Lipinski definition) is 1. The van der Waals surface area contributed by atoms with Gasteiger partial charge in [0.05, 0.1) is 20.3 Å². The number of anilines is 1. The molecular weight excluding hydrogens is 352 g/mol. The van der Waals surface area contributed by atoms with Crippen LogP contribution in [0.25, 0.3) is 0 Å². The second-order valence-corrected chi connectivity index (χ2v) is 6.81. The van der Waals surface area contributed by atoms with E-state index in [1.165, 1.54) is 5.56 Å². The number of carbonyl (C=O) groups is 1. The average Bonchev–Trinajstić information content (AvgIpc) is 2.65. The average molecular weight is 375 g/mol. The molecule has 0 saturated carbocycles. The Morgan fingerprint density at radius 1 is 1.15 bits per heavy atom. The van der Waals surface area contributed by atoms with E-state index < -0.39 is 0 Å². The van der Waals surface area contributed by atoms with E-state index in [1.807, 2.05) is 31.2 Å². The highest BCUT2D eigenvalue weighted by Crippen LogP contribution is 2.33. The molecule has 138 valence electrons. The standard InChI is InChI=1S/C20H23ClN2O3/c1-13(20(24)22-17-6-4-5-16(21)11-17)23-8-7-14-9-18(25-2)19(26-3)10-15(14)12-23/h4-6,9-11,13H,7-8,12H2,1-3H3,(H,22,24)/t13-/m1/s1. The van der Waals surface area contributed by atoms with E-state index in [0.29, 0.717) is 23.0 Å². The molecule has 0 unspecified atom stereocenters. The minimum atomic E-state index is -0.254. The van der Waals surface area contributed by atoms with Crippen LogP contribution in [0, 0.1) is 0 Å². The molecule has 1 N–H and O–H groups in total. The lowest BCUT2D eigenvalue weighted by Crippen LogP contribution is -2.44. The SMILES string of the molecule is COc1cc2c(cc1OC)CN([C@H](C)C(=O)Nc1cccc(Cl)c1)CC2. The van der Waals surface area contributed by atoms with E-state index in [2.05, 4.69) is 10.2 Å². The van der Waals surface area contributed by atoms with Crippen molar-refractivity contribution in [3.8, 4) is 11.5 Å². The Hall–Kier alpha value is -2.24. The molecule has 0 saturated heterocycles. The van der Waals surface area contributed by atoms with E-state index in [4.69, 9.17) is 21.1 Å². The van der Waals surface area contributed by atoms with Gasteiger partial charge in [-0.1, -0.05) is 17.7 Å². The molecule has 0 fully saturated rings. The quantitative estimate of drug-likeness (QED) is 0.866. The summed E-state index contributed by atoms with van der Waals surface area (Å²) in [6.45, 7) is 3.43. The molecule has 5 nitrogen and oxygen atoms in total. The van der Waals surface area contributed by atoms with Crippen LogP contribution in [-0.4, -0.2) is 37.6 Å². The summed E-state index contributed by atoms with van der Waals surface area (Å²) in [5.41, 5.74) is 3.11. The number of methoxy groups -OCH3 is 2. The number of fused-ring (bicyclic) bond motifs is 1. The maximum Gasteiger partial charge on any atom is 0.241 e. The molecule has 2 aromatic carbocycles. The molecule has 0 bridgehead atoms. The van der Waals surface area contributed by atoms with Gasteiger partial charge in [0.1, 0.15) is 0 Å². The number of rotatable bonds is 5. The summed E-state index contributed by atoms with van der Waals surface area (Å²) < 4.78 is 10.8. The zero-order chi connectivity index (χ0) is 18.7. The summed E-state index contributed by atoms with van der Waals surface area (Å²) in [5, 5.41) is 3.54. The third-order valence-electron chi connectivity index (χ3n) is 4.77. The van der Waals surface area contributed by atoms with Crippen LogP contribution in [0.1, 0.15) is 18.1 Å². The van der Waals surface area contributed by atoms with Crippen LogP contribution in [0.4, 0.5) is 5.69 Å². The highest BCUT2D eigenvalue weighted by Gasteiger charge is 2.26. The molecule has 0 aliphatic carbocycles. The van der Waals surface area contributed by atoms with Crippen LogP contribution in [0.15, 0.2) is 36.4 Å². The minimum Gasteiger partial charge on any atom is -0.493 e. The summed E-state index contributed by atoms with van der Waals surface area (Å²) in [5.74, 6) is 1.41. The van der Waals surface area contributed by atoms with Gasteiger partial charge in [0.15, 0.2) is 11.5 Å². The number of hydrogen-bond acceptors (Lipinski definition) is 4. The zero-order valence-corrected chi connectivity index (χ0v) is 16.0. The molecule has 1 heterocycles. The van der Waals surface area contributed by atoms with Gasteiger partial charge < -0.3 is 14.8 Å². The molecule has 1 aliphatic rings. The first-order valence-electron chi connectivity index (χ1n) is 8.56. The predicted octanol–water partition coefficient (Wildman–Crippen LogP) is 3.74. The van der Waals surface area contributed by atoms with Gasteiger partial charge in [-0.2, -0.15) is 0 Å². The second kappa shape index (κ2) is 7.98. The highest BCUT2D eigenvalue weighted by atomic mass is 35.5. The lowest BCUT2D eigenvalue weighted by atomic mass is 9.97. The van der Waals surface area contributed by atoms with Crippen molar-refractivity contribution in [3.05, 3.63) is 52.5 Å². The van der Waals surface area contributed by atoms with Gasteiger partial charge >= 0.3 is 0 Å². The van der Waals surface area contributed by atoms with E-state index in [-0.39, 0.29) is 11.9 Å². The second-order valence-electron chi connectivity index (χ2n) is 6.37. The number of nitrogens with zero attached hydrogens (tertiary/aromatic N) is 1. The highest BCUT2D eigenvalue weighted by molar-refractivity contribution is 6.30. The number of ether oxygens (including phenoxy) is 2. The molecule has 1 amide bonds. The topological polar surface area (TPSA) is 50.8 Å². The van der Waals surface area contributed by atoms with Gasteiger partial charge in [0.2, 0.25) is 5.91 Å². The lowest BCUT2D eigenvalue weighted by molar-refractivity contribution is -0.121. The van der Waals surface area contributed by atoms with E-state index in [9.17, 15) is 4.79 Å². The molecule has 3 rings (SSSR count). The Bertz CT molecular complexity index is 810. The summed E-state index contributed by atoms with van der Waals surface area (Å²) in [4.78, 5) is 14.8. The number of halogens is 1. The molecule has 0 spiro atoms. The Labute approximate surface area is 158 Å². The van der Waals surface area contributed by atoms with Gasteiger partial charge in [-0.05, 0) is 54.8 Å². The van der Waals surface area contributed by atoms with Crippen molar-refractivity contribution >= 4 is 23.2 Å². The fourth-order valence-electron chi connectivity index (χ4n) is 3.21. The number of nitrogens with one attached hydrogen (secondary N) is 1. The molecule has 6 heteroatoms. The minimum absolute atomic E-state index is 0.0452. The summed E-state index contributed by atoms with van der Waals surface area (Å²) in [7, 11) is 3.27. The Balaban J connectivity index is 1.72. The van der Waals surface area contributed by atoms with Crippen molar-refractivity contribution in [2.75, 3.05) is 26.1 Å². The molecule has 0 radical (unpaired) electrons. The summed E-state index contributed by atoms with van der Waals surface area (Å²) in [6, 6.07) is 11.0. The lowest BCUT2D eigenvalue weighted by Gasteiger charge is -2.33. The van der Waals surface area contributed by atoms with E-state index in [0.717, 1.165) is 24.3 Å². The van der Waals surface area contributed by atoms with Crippen molar-refractivity contribution in [2.24, 2.45) is 0 Å². The van der Waals surface area contributed by atoms with Crippen molar-refractivity contribution in [2.45, 2.75) is 25.9 Å². The van der Waals surface area contributed by atoms with Gasteiger partial charge in [-0.3, -0.25) is 9.69 Å². The molecule has 2 aromatic rings.